The van der Waals surface area contributed by atoms with Crippen molar-refractivity contribution in [1.82, 2.24) is 14.8 Å². The van der Waals surface area contributed by atoms with Gasteiger partial charge in [0, 0.05) is 28.6 Å². The van der Waals surface area contributed by atoms with E-state index in [9.17, 15) is 14.9 Å². The predicted molar refractivity (Wildman–Crippen MR) is 129 cm³/mol. The summed E-state index contributed by atoms with van der Waals surface area (Å²) in [6.45, 7) is 3.68. The summed E-state index contributed by atoms with van der Waals surface area (Å²) in [6.07, 6.45) is 0. The topological polar surface area (TPSA) is 103 Å². The third-order valence-corrected chi connectivity index (χ3v) is 5.91. The van der Waals surface area contributed by atoms with E-state index in [0.717, 1.165) is 16.8 Å². The highest BCUT2D eigenvalue weighted by Crippen LogP contribution is 2.28. The van der Waals surface area contributed by atoms with Crippen LogP contribution in [0.2, 0.25) is 0 Å². The maximum atomic E-state index is 12.6. The first kappa shape index (κ1) is 22.2. The number of amides is 1. The molecule has 0 fully saturated rings. The van der Waals surface area contributed by atoms with E-state index in [0.29, 0.717) is 22.2 Å². The van der Waals surface area contributed by atoms with Crippen molar-refractivity contribution in [3.05, 3.63) is 94.0 Å². The number of rotatable bonds is 7. The Labute approximate surface area is 194 Å². The third kappa shape index (κ3) is 5.09. The SMILES string of the molecule is Cc1ccc(-c2nnc(SCC(=O)Nc3ccc(C)c([N+](=O)[O-])c3)n2-c2ccccc2)cc1. The highest BCUT2D eigenvalue weighted by molar-refractivity contribution is 7.99. The standard InChI is InChI=1S/C24H21N5O3S/c1-16-8-11-18(12-9-16)23-26-27-24(28(23)20-6-4-3-5-7-20)33-15-22(30)25-19-13-10-17(2)21(14-19)29(31)32/h3-14H,15H2,1-2H3,(H,25,30). The number of nitrogens with zero attached hydrogens (tertiary/aromatic N) is 4. The second kappa shape index (κ2) is 9.66. The molecule has 0 aliphatic rings. The van der Waals surface area contributed by atoms with Crippen LogP contribution in [0.25, 0.3) is 17.1 Å². The fraction of sp³-hybridized carbons (Fsp3) is 0.125. The molecule has 1 amide bonds. The third-order valence-electron chi connectivity index (χ3n) is 4.98. The molecule has 0 aliphatic carbocycles. The summed E-state index contributed by atoms with van der Waals surface area (Å²) in [5, 5.41) is 23.1. The van der Waals surface area contributed by atoms with Crippen molar-refractivity contribution in [2.24, 2.45) is 0 Å². The number of carbonyl (C=O) groups is 1. The van der Waals surface area contributed by atoms with E-state index in [1.165, 1.54) is 17.8 Å². The summed E-state index contributed by atoms with van der Waals surface area (Å²) in [4.78, 5) is 23.2. The lowest BCUT2D eigenvalue weighted by Crippen LogP contribution is -2.14. The fourth-order valence-electron chi connectivity index (χ4n) is 3.27. The van der Waals surface area contributed by atoms with Crippen molar-refractivity contribution in [3.8, 4) is 17.1 Å². The quantitative estimate of drug-likeness (QED) is 0.232. The predicted octanol–water partition coefficient (Wildman–Crippen LogP) is 5.19. The molecule has 0 saturated carbocycles. The largest absolute Gasteiger partial charge is 0.325 e. The van der Waals surface area contributed by atoms with Crippen molar-refractivity contribution in [2.75, 3.05) is 11.1 Å². The van der Waals surface area contributed by atoms with Gasteiger partial charge in [0.05, 0.1) is 10.7 Å². The van der Waals surface area contributed by atoms with E-state index < -0.39 is 4.92 Å². The highest BCUT2D eigenvalue weighted by atomic mass is 32.2. The minimum Gasteiger partial charge on any atom is -0.325 e. The minimum absolute atomic E-state index is 0.0352. The lowest BCUT2D eigenvalue weighted by atomic mass is 10.1. The molecule has 0 spiro atoms. The van der Waals surface area contributed by atoms with E-state index in [2.05, 4.69) is 15.5 Å². The molecule has 0 radical (unpaired) electrons. The number of aromatic nitrogens is 3. The summed E-state index contributed by atoms with van der Waals surface area (Å²) in [7, 11) is 0. The normalized spacial score (nSPS) is 10.7. The highest BCUT2D eigenvalue weighted by Gasteiger charge is 2.18. The molecule has 4 rings (SSSR count). The van der Waals surface area contributed by atoms with E-state index in [1.807, 2.05) is 66.1 Å². The Morgan fingerprint density at radius 1 is 1.03 bits per heavy atom. The number of benzene rings is 3. The second-order valence-corrected chi connectivity index (χ2v) is 8.38. The fourth-order valence-corrected chi connectivity index (χ4v) is 4.03. The van der Waals surface area contributed by atoms with Gasteiger partial charge in [-0.1, -0.05) is 65.9 Å². The first-order valence-electron chi connectivity index (χ1n) is 10.2. The van der Waals surface area contributed by atoms with Gasteiger partial charge in [-0.15, -0.1) is 10.2 Å². The van der Waals surface area contributed by atoms with E-state index in [-0.39, 0.29) is 17.3 Å². The summed E-state index contributed by atoms with van der Waals surface area (Å²) in [5.41, 5.74) is 3.82. The van der Waals surface area contributed by atoms with Crippen LogP contribution in [0.3, 0.4) is 0 Å². The van der Waals surface area contributed by atoms with Crippen LogP contribution in [0.15, 0.2) is 78.0 Å². The van der Waals surface area contributed by atoms with Crippen LogP contribution in [-0.2, 0) is 4.79 Å². The van der Waals surface area contributed by atoms with Crippen LogP contribution in [0.4, 0.5) is 11.4 Å². The molecule has 0 saturated heterocycles. The molecule has 1 N–H and O–H groups in total. The summed E-state index contributed by atoms with van der Waals surface area (Å²) in [5.74, 6) is 0.455. The van der Waals surface area contributed by atoms with Crippen molar-refractivity contribution in [3.63, 3.8) is 0 Å². The van der Waals surface area contributed by atoms with Crippen LogP contribution in [0.1, 0.15) is 11.1 Å². The zero-order chi connectivity index (χ0) is 23.4. The molecule has 1 heterocycles. The van der Waals surface area contributed by atoms with Crippen LogP contribution < -0.4 is 5.32 Å². The lowest BCUT2D eigenvalue weighted by Gasteiger charge is -2.11. The molecule has 0 unspecified atom stereocenters. The molecule has 3 aromatic carbocycles. The number of aryl methyl sites for hydroxylation is 2. The number of thioether (sulfide) groups is 1. The molecule has 0 bridgehead atoms. The molecule has 166 valence electrons. The molecule has 4 aromatic rings. The molecule has 8 nitrogen and oxygen atoms in total. The number of nitro benzene ring substituents is 1. The zero-order valence-electron chi connectivity index (χ0n) is 18.1. The molecule has 1 aromatic heterocycles. The van der Waals surface area contributed by atoms with Gasteiger partial charge in [0.2, 0.25) is 5.91 Å². The van der Waals surface area contributed by atoms with Crippen LogP contribution in [0.5, 0.6) is 0 Å². The maximum absolute atomic E-state index is 12.6. The Morgan fingerprint density at radius 3 is 2.45 bits per heavy atom. The number of hydrogen-bond donors (Lipinski definition) is 1. The number of nitro groups is 1. The summed E-state index contributed by atoms with van der Waals surface area (Å²) >= 11 is 1.24. The van der Waals surface area contributed by atoms with Crippen LogP contribution >= 0.6 is 11.8 Å². The zero-order valence-corrected chi connectivity index (χ0v) is 18.9. The van der Waals surface area contributed by atoms with Gasteiger partial charge in [-0.2, -0.15) is 0 Å². The Kier molecular flexibility index (Phi) is 6.50. The van der Waals surface area contributed by atoms with E-state index in [1.54, 1.807) is 19.1 Å². The summed E-state index contributed by atoms with van der Waals surface area (Å²) in [6, 6.07) is 22.3. The van der Waals surface area contributed by atoms with Gasteiger partial charge in [-0.05, 0) is 32.0 Å². The van der Waals surface area contributed by atoms with Gasteiger partial charge >= 0.3 is 0 Å². The van der Waals surface area contributed by atoms with E-state index >= 15 is 0 Å². The monoisotopic (exact) mass is 459 g/mol. The van der Waals surface area contributed by atoms with Crippen molar-refractivity contribution in [2.45, 2.75) is 19.0 Å². The van der Waals surface area contributed by atoms with Crippen LogP contribution in [0, 0.1) is 24.0 Å². The number of carbonyl (C=O) groups excluding carboxylic acids is 1. The smallest absolute Gasteiger partial charge is 0.274 e. The van der Waals surface area contributed by atoms with Gasteiger partial charge in [0.1, 0.15) is 0 Å². The van der Waals surface area contributed by atoms with Crippen molar-refractivity contribution >= 4 is 29.0 Å². The Morgan fingerprint density at radius 2 is 1.76 bits per heavy atom. The average molecular weight is 460 g/mol. The lowest BCUT2D eigenvalue weighted by molar-refractivity contribution is -0.385. The molecule has 0 aliphatic heterocycles. The Balaban J connectivity index is 1.56. The number of para-hydroxylation sites is 1. The summed E-state index contributed by atoms with van der Waals surface area (Å²) < 4.78 is 1.92. The number of anilines is 1. The first-order chi connectivity index (χ1) is 15.9. The van der Waals surface area contributed by atoms with Crippen molar-refractivity contribution < 1.29 is 9.72 Å². The molecule has 33 heavy (non-hydrogen) atoms. The first-order valence-corrected chi connectivity index (χ1v) is 11.2. The molecular weight excluding hydrogens is 438 g/mol. The van der Waals surface area contributed by atoms with E-state index in [4.69, 9.17) is 0 Å². The van der Waals surface area contributed by atoms with Crippen molar-refractivity contribution in [1.29, 1.82) is 0 Å². The van der Waals surface area contributed by atoms with Gasteiger partial charge in [-0.25, -0.2) is 0 Å². The Hall–Kier alpha value is -3.98. The molecule has 0 atom stereocenters. The Bertz CT molecular complexity index is 1300. The maximum Gasteiger partial charge on any atom is 0.274 e. The van der Waals surface area contributed by atoms with Gasteiger partial charge in [-0.3, -0.25) is 19.5 Å². The van der Waals surface area contributed by atoms with Gasteiger partial charge < -0.3 is 5.32 Å². The minimum atomic E-state index is -0.464. The van der Waals surface area contributed by atoms with Gasteiger partial charge in [0.15, 0.2) is 11.0 Å². The molecular formula is C24H21N5O3S. The molecule has 9 heteroatoms. The average Bonchev–Trinajstić information content (AvgIpc) is 3.24. The number of hydrogen-bond acceptors (Lipinski definition) is 6. The van der Waals surface area contributed by atoms with Gasteiger partial charge in [0.25, 0.3) is 5.69 Å². The number of nitrogens with one attached hydrogen (secondary N) is 1. The van der Waals surface area contributed by atoms with Crippen LogP contribution in [-0.4, -0.2) is 31.3 Å². The second-order valence-electron chi connectivity index (χ2n) is 7.44.